The summed E-state index contributed by atoms with van der Waals surface area (Å²) in [7, 11) is 0. The van der Waals surface area contributed by atoms with Gasteiger partial charge in [-0.25, -0.2) is 0 Å². The van der Waals surface area contributed by atoms with Gasteiger partial charge in [-0.3, -0.25) is 0 Å². The van der Waals surface area contributed by atoms with Crippen molar-refractivity contribution in [1.82, 2.24) is 15.1 Å². The Hall–Kier alpha value is -1.34. The van der Waals surface area contributed by atoms with Gasteiger partial charge >= 0.3 is 6.01 Å². The molecule has 3 heterocycles. The minimum atomic E-state index is -0.274. The fourth-order valence-corrected chi connectivity index (χ4v) is 4.44. The average molecular weight is 428 g/mol. The van der Waals surface area contributed by atoms with Gasteiger partial charge < -0.3 is 20.4 Å². The summed E-state index contributed by atoms with van der Waals surface area (Å²) < 4.78 is 5.77. The molecule has 0 radical (unpaired) electrons. The maximum atomic E-state index is 6.24. The largest absolute Gasteiger partial charge is 0.406 e. The van der Waals surface area contributed by atoms with Crippen molar-refractivity contribution in [3.05, 3.63) is 41.8 Å². The summed E-state index contributed by atoms with van der Waals surface area (Å²) >= 11 is 0. The highest BCUT2D eigenvalue weighted by molar-refractivity contribution is 5.85. The van der Waals surface area contributed by atoms with E-state index < -0.39 is 0 Å². The second-order valence-electron chi connectivity index (χ2n) is 7.62. The van der Waals surface area contributed by atoms with Crippen LogP contribution in [-0.4, -0.2) is 40.8 Å². The van der Waals surface area contributed by atoms with Crippen LogP contribution in [0.3, 0.4) is 0 Å². The van der Waals surface area contributed by atoms with Crippen molar-refractivity contribution in [2.24, 2.45) is 11.7 Å². The zero-order valence-electron chi connectivity index (χ0n) is 16.1. The molecule has 3 atom stereocenters. The van der Waals surface area contributed by atoms with E-state index in [1.54, 1.807) is 0 Å². The van der Waals surface area contributed by atoms with E-state index in [0.29, 0.717) is 30.3 Å². The maximum absolute atomic E-state index is 6.24. The molecule has 0 bridgehead atoms. The molecule has 4 rings (SSSR count). The molecule has 6 nitrogen and oxygen atoms in total. The van der Waals surface area contributed by atoms with E-state index in [9.17, 15) is 0 Å². The molecule has 28 heavy (non-hydrogen) atoms. The molecule has 2 aliphatic heterocycles. The lowest BCUT2D eigenvalue weighted by Gasteiger charge is -2.44. The molecular weight excluding hydrogens is 397 g/mol. The first-order chi connectivity index (χ1) is 12.8. The quantitative estimate of drug-likeness (QED) is 0.728. The molecule has 0 saturated carbocycles. The molecule has 3 N–H and O–H groups in total. The van der Waals surface area contributed by atoms with Gasteiger partial charge in [-0.1, -0.05) is 41.9 Å². The van der Waals surface area contributed by atoms with E-state index in [0.717, 1.165) is 6.54 Å². The van der Waals surface area contributed by atoms with E-state index >= 15 is 0 Å². The first-order valence-electron chi connectivity index (χ1n) is 9.90. The number of benzene rings is 1. The lowest BCUT2D eigenvalue weighted by atomic mass is 9.83. The zero-order valence-corrected chi connectivity index (χ0v) is 17.8. The van der Waals surface area contributed by atoms with Crippen LogP contribution in [0, 0.1) is 5.92 Å². The number of hydrogen-bond donors (Lipinski definition) is 2. The standard InChI is InChI=1S/C20H29N5O.2ClH/c21-17(13-15-7-2-1-3-8-15)19-23-24-20(26-19)22-14-16-9-6-12-25-11-5-4-10-18(16)25;;/h1-3,7-8,16-18H,4-6,9-14,21H2,(H,22,24);2*1H/t16-,17+,18+;;/m0../s1. The first kappa shape index (κ1) is 22.9. The van der Waals surface area contributed by atoms with Crippen molar-refractivity contribution in [2.75, 3.05) is 25.0 Å². The minimum Gasteiger partial charge on any atom is -0.406 e. The lowest BCUT2D eigenvalue weighted by Crippen LogP contribution is -2.49. The number of nitrogens with one attached hydrogen (secondary N) is 1. The summed E-state index contributed by atoms with van der Waals surface area (Å²) in [6, 6.07) is 11.1. The number of halogens is 2. The van der Waals surface area contributed by atoms with Crippen molar-refractivity contribution >= 4 is 30.8 Å². The topological polar surface area (TPSA) is 80.2 Å². The fraction of sp³-hybridized carbons (Fsp3) is 0.600. The predicted octanol–water partition coefficient (Wildman–Crippen LogP) is 3.83. The Bertz CT molecular complexity index is 697. The first-order valence-corrected chi connectivity index (χ1v) is 9.90. The Kier molecular flexibility index (Phi) is 9.02. The maximum Gasteiger partial charge on any atom is 0.315 e. The van der Waals surface area contributed by atoms with Crippen molar-refractivity contribution < 1.29 is 4.42 Å². The number of aromatic nitrogens is 2. The minimum absolute atomic E-state index is 0. The van der Waals surface area contributed by atoms with Crippen molar-refractivity contribution in [1.29, 1.82) is 0 Å². The molecule has 0 amide bonds. The second-order valence-corrected chi connectivity index (χ2v) is 7.62. The monoisotopic (exact) mass is 427 g/mol. The highest BCUT2D eigenvalue weighted by Crippen LogP contribution is 2.31. The van der Waals surface area contributed by atoms with Crippen LogP contribution in [0.2, 0.25) is 0 Å². The van der Waals surface area contributed by atoms with Crippen molar-refractivity contribution in [2.45, 2.75) is 50.6 Å². The van der Waals surface area contributed by atoms with E-state index in [4.69, 9.17) is 10.2 Å². The molecule has 0 unspecified atom stereocenters. The molecule has 1 aromatic carbocycles. The summed E-state index contributed by atoms with van der Waals surface area (Å²) in [5.41, 5.74) is 7.41. The number of nitrogens with zero attached hydrogens (tertiary/aromatic N) is 3. The molecule has 2 fully saturated rings. The van der Waals surface area contributed by atoms with Gasteiger partial charge in [0.15, 0.2) is 0 Å². The fourth-order valence-electron chi connectivity index (χ4n) is 4.44. The molecule has 156 valence electrons. The molecule has 0 aliphatic carbocycles. The van der Waals surface area contributed by atoms with Gasteiger partial charge in [0.1, 0.15) is 0 Å². The van der Waals surface area contributed by atoms with E-state index in [1.807, 2.05) is 18.2 Å². The summed E-state index contributed by atoms with van der Waals surface area (Å²) in [5, 5.41) is 11.7. The van der Waals surface area contributed by atoms with E-state index in [1.165, 1.54) is 50.8 Å². The highest BCUT2D eigenvalue weighted by atomic mass is 35.5. The Morgan fingerprint density at radius 1 is 1.07 bits per heavy atom. The zero-order chi connectivity index (χ0) is 17.8. The van der Waals surface area contributed by atoms with Crippen molar-refractivity contribution in [3.8, 4) is 0 Å². The van der Waals surface area contributed by atoms with Crippen LogP contribution < -0.4 is 11.1 Å². The van der Waals surface area contributed by atoms with Crippen LogP contribution in [-0.2, 0) is 6.42 Å². The molecule has 2 saturated heterocycles. The SMILES string of the molecule is Cl.Cl.N[C@H](Cc1ccccc1)c1nnc(NC[C@@H]2CCCN3CCCC[C@H]23)o1. The van der Waals surface area contributed by atoms with Crippen LogP contribution >= 0.6 is 24.8 Å². The van der Waals surface area contributed by atoms with Gasteiger partial charge in [0, 0.05) is 12.6 Å². The Morgan fingerprint density at radius 2 is 1.86 bits per heavy atom. The Balaban J connectivity index is 0.00000140. The van der Waals surface area contributed by atoms with Crippen LogP contribution in [0.4, 0.5) is 6.01 Å². The summed E-state index contributed by atoms with van der Waals surface area (Å²) in [5.74, 6) is 1.16. The number of hydrogen-bond acceptors (Lipinski definition) is 6. The number of anilines is 1. The number of nitrogens with two attached hydrogens (primary N) is 1. The smallest absolute Gasteiger partial charge is 0.315 e. The van der Waals surface area contributed by atoms with Crippen molar-refractivity contribution in [3.63, 3.8) is 0 Å². The van der Waals surface area contributed by atoms with E-state index in [-0.39, 0.29) is 30.9 Å². The summed E-state index contributed by atoms with van der Waals surface area (Å²) in [6.07, 6.45) is 7.30. The molecule has 2 aromatic rings. The molecule has 1 aromatic heterocycles. The van der Waals surface area contributed by atoms with Crippen LogP contribution in [0.25, 0.3) is 0 Å². The Morgan fingerprint density at radius 3 is 2.68 bits per heavy atom. The van der Waals surface area contributed by atoms with Gasteiger partial charge in [0.25, 0.3) is 0 Å². The van der Waals surface area contributed by atoms with E-state index in [2.05, 4.69) is 32.5 Å². The third kappa shape index (κ3) is 5.60. The van der Waals surface area contributed by atoms with Gasteiger partial charge in [0.2, 0.25) is 5.89 Å². The van der Waals surface area contributed by atoms with Gasteiger partial charge in [-0.15, -0.1) is 29.9 Å². The van der Waals surface area contributed by atoms with Crippen LogP contribution in [0.5, 0.6) is 0 Å². The Labute approximate surface area is 179 Å². The molecule has 2 aliphatic rings. The molecular formula is C20H31Cl2N5O. The summed E-state index contributed by atoms with van der Waals surface area (Å²) in [4.78, 5) is 2.67. The van der Waals surface area contributed by atoms with Crippen LogP contribution in [0.15, 0.2) is 34.7 Å². The van der Waals surface area contributed by atoms with Gasteiger partial charge in [-0.05, 0) is 56.7 Å². The normalized spacial score (nSPS) is 23.0. The van der Waals surface area contributed by atoms with Gasteiger partial charge in [0.05, 0.1) is 6.04 Å². The average Bonchev–Trinajstić information content (AvgIpc) is 3.16. The van der Waals surface area contributed by atoms with Gasteiger partial charge in [-0.2, -0.15) is 0 Å². The second kappa shape index (κ2) is 11.0. The highest BCUT2D eigenvalue weighted by Gasteiger charge is 2.32. The lowest BCUT2D eigenvalue weighted by molar-refractivity contribution is 0.0647. The number of fused-ring (bicyclic) bond motifs is 1. The van der Waals surface area contributed by atoms with Crippen LogP contribution in [0.1, 0.15) is 49.6 Å². The molecule has 0 spiro atoms. The third-order valence-corrected chi connectivity index (χ3v) is 5.80. The summed E-state index contributed by atoms with van der Waals surface area (Å²) in [6.45, 7) is 3.43. The number of rotatable bonds is 6. The molecule has 8 heteroatoms. The predicted molar refractivity (Wildman–Crippen MR) is 116 cm³/mol. The number of piperidine rings is 2. The third-order valence-electron chi connectivity index (χ3n) is 5.80.